The number of hydrogen-bond donors (Lipinski definition) is 2. The molecule has 4 nitrogen and oxygen atoms in total. The van der Waals surface area contributed by atoms with E-state index in [1.54, 1.807) is 12.1 Å². The summed E-state index contributed by atoms with van der Waals surface area (Å²) >= 11 is 3.27. The molecule has 76 valence electrons. The van der Waals surface area contributed by atoms with Gasteiger partial charge in [-0.1, -0.05) is 0 Å². The number of aromatic nitrogens is 1. The Kier molecular flexibility index (Phi) is 2.88. The van der Waals surface area contributed by atoms with Gasteiger partial charge < -0.3 is 5.73 Å². The topological polar surface area (TPSA) is 60.2 Å². The number of nitrogens with two attached hydrogens (primary N) is 1. The van der Waals surface area contributed by atoms with Gasteiger partial charge in [-0.15, -0.1) is 0 Å². The van der Waals surface area contributed by atoms with Crippen LogP contribution in [0.2, 0.25) is 0 Å². The first-order valence-electron chi connectivity index (χ1n) is 4.59. The molecule has 0 aromatic carbocycles. The summed E-state index contributed by atoms with van der Waals surface area (Å²) in [5.41, 5.74) is 9.09. The average molecular weight is 258 g/mol. The molecule has 0 amide bonds. The van der Waals surface area contributed by atoms with E-state index in [0.717, 1.165) is 17.4 Å². The van der Waals surface area contributed by atoms with E-state index in [1.807, 2.05) is 0 Å². The van der Waals surface area contributed by atoms with E-state index in [1.165, 1.54) is 6.42 Å². The monoisotopic (exact) mass is 257 g/mol. The highest BCUT2D eigenvalue weighted by atomic mass is 79.9. The van der Waals surface area contributed by atoms with Gasteiger partial charge in [0.05, 0.1) is 11.8 Å². The van der Waals surface area contributed by atoms with Crippen LogP contribution in [0.25, 0.3) is 0 Å². The van der Waals surface area contributed by atoms with Crippen molar-refractivity contribution in [2.24, 2.45) is 0 Å². The Balaban J connectivity index is 1.96. The van der Waals surface area contributed by atoms with Gasteiger partial charge in [-0.2, -0.15) is 0 Å². The van der Waals surface area contributed by atoms with Crippen molar-refractivity contribution < 1.29 is 4.84 Å². The number of hydrogen-bond acceptors (Lipinski definition) is 4. The molecule has 0 saturated heterocycles. The predicted molar refractivity (Wildman–Crippen MR) is 58.7 cm³/mol. The number of nitrogens with one attached hydrogen (secondary N) is 1. The van der Waals surface area contributed by atoms with E-state index < -0.39 is 0 Å². The minimum Gasteiger partial charge on any atom is -0.396 e. The van der Waals surface area contributed by atoms with Crippen molar-refractivity contribution in [2.45, 2.75) is 25.4 Å². The molecule has 0 radical (unpaired) electrons. The van der Waals surface area contributed by atoms with E-state index in [-0.39, 0.29) is 0 Å². The van der Waals surface area contributed by atoms with Crippen molar-refractivity contribution in [3.05, 3.63) is 16.7 Å². The van der Waals surface area contributed by atoms with Crippen LogP contribution in [-0.2, 0) is 4.84 Å². The maximum Gasteiger partial charge on any atom is 0.174 e. The van der Waals surface area contributed by atoms with Crippen molar-refractivity contribution in [2.75, 3.05) is 11.2 Å². The quantitative estimate of drug-likeness (QED) is 0.645. The molecule has 1 heterocycles. The number of pyridine rings is 1. The van der Waals surface area contributed by atoms with E-state index in [4.69, 9.17) is 10.6 Å². The Bertz CT molecular complexity index is 328. The lowest BCUT2D eigenvalue weighted by Gasteiger charge is -2.25. The Morgan fingerprint density at radius 2 is 2.29 bits per heavy atom. The third-order valence-electron chi connectivity index (χ3n) is 2.27. The fourth-order valence-corrected chi connectivity index (χ4v) is 1.47. The molecule has 1 fully saturated rings. The van der Waals surface area contributed by atoms with Crippen molar-refractivity contribution in [3.63, 3.8) is 0 Å². The third-order valence-corrected chi connectivity index (χ3v) is 2.71. The Morgan fingerprint density at radius 1 is 1.50 bits per heavy atom. The molecule has 0 aliphatic heterocycles. The third kappa shape index (κ3) is 2.16. The van der Waals surface area contributed by atoms with Crippen LogP contribution in [0.4, 0.5) is 11.5 Å². The zero-order chi connectivity index (χ0) is 9.97. The highest BCUT2D eigenvalue weighted by Crippen LogP contribution is 2.24. The molecule has 5 heteroatoms. The van der Waals surface area contributed by atoms with Gasteiger partial charge in [0.15, 0.2) is 5.82 Å². The lowest BCUT2D eigenvalue weighted by Crippen LogP contribution is -2.24. The second-order valence-electron chi connectivity index (χ2n) is 3.34. The standard InChI is InChI=1S/C9H12BrN3O/c10-8-5-4-7(11)9(12-8)13-14-6-2-1-3-6/h4-6H,1-3,11H2,(H,12,13). The van der Waals surface area contributed by atoms with Crippen LogP contribution in [0.5, 0.6) is 0 Å². The largest absolute Gasteiger partial charge is 0.396 e. The van der Waals surface area contributed by atoms with Crippen molar-refractivity contribution in [3.8, 4) is 0 Å². The van der Waals surface area contributed by atoms with Crippen LogP contribution >= 0.6 is 15.9 Å². The summed E-state index contributed by atoms with van der Waals surface area (Å²) in [5, 5.41) is 0. The molecule has 14 heavy (non-hydrogen) atoms. The van der Waals surface area contributed by atoms with Crippen LogP contribution in [0.15, 0.2) is 16.7 Å². The minimum atomic E-state index is 0.315. The zero-order valence-electron chi connectivity index (χ0n) is 7.66. The van der Waals surface area contributed by atoms with Crippen LogP contribution in [-0.4, -0.2) is 11.1 Å². The molecule has 1 aromatic heterocycles. The van der Waals surface area contributed by atoms with Crippen molar-refractivity contribution in [1.29, 1.82) is 0 Å². The van der Waals surface area contributed by atoms with Crippen molar-refractivity contribution >= 4 is 27.4 Å². The number of rotatable bonds is 3. The van der Waals surface area contributed by atoms with Gasteiger partial charge in [-0.25, -0.2) is 10.5 Å². The molecule has 2 rings (SSSR count). The maximum absolute atomic E-state index is 5.71. The number of halogens is 1. The molecule has 0 atom stereocenters. The number of nitrogens with zero attached hydrogens (tertiary/aromatic N) is 1. The van der Waals surface area contributed by atoms with Crippen LogP contribution < -0.4 is 11.2 Å². The fourth-order valence-electron chi connectivity index (χ4n) is 1.16. The lowest BCUT2D eigenvalue weighted by atomic mass is 9.97. The van der Waals surface area contributed by atoms with Crippen molar-refractivity contribution in [1.82, 2.24) is 4.98 Å². The first kappa shape index (κ1) is 9.73. The lowest BCUT2D eigenvalue weighted by molar-refractivity contribution is 0.0386. The molecule has 1 aliphatic rings. The summed E-state index contributed by atoms with van der Waals surface area (Å²) in [6.07, 6.45) is 3.78. The van der Waals surface area contributed by atoms with E-state index in [0.29, 0.717) is 17.6 Å². The van der Waals surface area contributed by atoms with Crippen LogP contribution in [0.1, 0.15) is 19.3 Å². The van der Waals surface area contributed by atoms with Gasteiger partial charge in [-0.05, 0) is 47.3 Å². The first-order chi connectivity index (χ1) is 6.75. The second-order valence-corrected chi connectivity index (χ2v) is 4.16. The molecular formula is C9H12BrN3O. The Labute approximate surface area is 90.9 Å². The summed E-state index contributed by atoms with van der Waals surface area (Å²) in [7, 11) is 0. The van der Waals surface area contributed by atoms with Crippen LogP contribution in [0, 0.1) is 0 Å². The van der Waals surface area contributed by atoms with Gasteiger partial charge in [-0.3, -0.25) is 4.84 Å². The maximum atomic E-state index is 5.71. The average Bonchev–Trinajstić information content (AvgIpc) is 2.08. The zero-order valence-corrected chi connectivity index (χ0v) is 9.25. The highest BCUT2D eigenvalue weighted by Gasteiger charge is 2.18. The fraction of sp³-hybridized carbons (Fsp3) is 0.444. The molecular weight excluding hydrogens is 246 g/mol. The number of anilines is 2. The van der Waals surface area contributed by atoms with Gasteiger partial charge >= 0.3 is 0 Å². The molecule has 0 bridgehead atoms. The first-order valence-corrected chi connectivity index (χ1v) is 5.38. The summed E-state index contributed by atoms with van der Waals surface area (Å²) in [5.74, 6) is 0.575. The highest BCUT2D eigenvalue weighted by molar-refractivity contribution is 9.10. The summed E-state index contributed by atoms with van der Waals surface area (Å²) in [4.78, 5) is 9.55. The summed E-state index contributed by atoms with van der Waals surface area (Å²) in [6, 6.07) is 3.58. The normalized spacial score (nSPS) is 16.4. The molecule has 0 unspecified atom stereocenters. The second kappa shape index (κ2) is 4.14. The van der Waals surface area contributed by atoms with Gasteiger partial charge in [0.25, 0.3) is 0 Å². The predicted octanol–water partition coefficient (Wildman–Crippen LogP) is 2.32. The SMILES string of the molecule is Nc1ccc(Br)nc1NOC1CCC1. The van der Waals surface area contributed by atoms with Crippen LogP contribution in [0.3, 0.4) is 0 Å². The Hall–Kier alpha value is -0.810. The minimum absolute atomic E-state index is 0.315. The summed E-state index contributed by atoms with van der Waals surface area (Å²) in [6.45, 7) is 0. The van der Waals surface area contributed by atoms with E-state index in [9.17, 15) is 0 Å². The summed E-state index contributed by atoms with van der Waals surface area (Å²) < 4.78 is 0.742. The molecule has 3 N–H and O–H groups in total. The van der Waals surface area contributed by atoms with E-state index in [2.05, 4.69) is 26.4 Å². The molecule has 1 aromatic rings. The molecule has 1 aliphatic carbocycles. The van der Waals surface area contributed by atoms with Gasteiger partial charge in [0.2, 0.25) is 0 Å². The molecule has 1 saturated carbocycles. The Morgan fingerprint density at radius 3 is 2.93 bits per heavy atom. The van der Waals surface area contributed by atoms with E-state index >= 15 is 0 Å². The van der Waals surface area contributed by atoms with Gasteiger partial charge in [0.1, 0.15) is 4.60 Å². The van der Waals surface area contributed by atoms with Gasteiger partial charge in [0, 0.05) is 0 Å². The number of nitrogen functional groups attached to an aromatic ring is 1. The smallest absolute Gasteiger partial charge is 0.174 e. The molecule has 0 spiro atoms.